The second kappa shape index (κ2) is 10.3. The molecule has 0 bridgehead atoms. The summed E-state index contributed by atoms with van der Waals surface area (Å²) in [7, 11) is 0. The Kier molecular flexibility index (Phi) is 6.74. The minimum absolute atomic E-state index is 0.00455. The maximum Gasteiger partial charge on any atom is 0.276 e. The largest absolute Gasteiger partial charge is 0.492 e. The van der Waals surface area contributed by atoms with Crippen LogP contribution < -0.4 is 15.4 Å². The molecular formula is C29H29F2N7O4. The molecule has 1 aromatic carbocycles. The summed E-state index contributed by atoms with van der Waals surface area (Å²) in [5.74, 6) is -3.99. The van der Waals surface area contributed by atoms with Gasteiger partial charge in [-0.15, -0.1) is 0 Å². The molecule has 1 fully saturated rings. The molecule has 1 unspecified atom stereocenters. The first-order valence-corrected chi connectivity index (χ1v) is 13.6. The number of aromatic amines is 1. The van der Waals surface area contributed by atoms with Gasteiger partial charge in [0, 0.05) is 46.2 Å². The second-order valence-corrected chi connectivity index (χ2v) is 11.3. The van der Waals surface area contributed by atoms with Crippen LogP contribution in [0.2, 0.25) is 0 Å². The number of anilines is 1. The Morgan fingerprint density at radius 1 is 1.14 bits per heavy atom. The molecule has 13 heteroatoms. The zero-order valence-corrected chi connectivity index (χ0v) is 23.4. The van der Waals surface area contributed by atoms with Gasteiger partial charge in [-0.1, -0.05) is 19.0 Å². The lowest BCUT2D eigenvalue weighted by Crippen LogP contribution is -2.52. The average molecular weight is 578 g/mol. The fourth-order valence-electron chi connectivity index (χ4n) is 5.74. The van der Waals surface area contributed by atoms with Crippen molar-refractivity contribution < 1.29 is 27.7 Å². The minimum Gasteiger partial charge on any atom is -0.492 e. The number of pyridine rings is 1. The van der Waals surface area contributed by atoms with Crippen LogP contribution >= 0.6 is 0 Å². The maximum atomic E-state index is 15.4. The molecule has 0 saturated heterocycles. The molecule has 11 nitrogen and oxygen atoms in total. The van der Waals surface area contributed by atoms with E-state index in [-0.39, 0.29) is 29.5 Å². The van der Waals surface area contributed by atoms with Gasteiger partial charge in [-0.2, -0.15) is 5.10 Å². The molecule has 1 saturated carbocycles. The van der Waals surface area contributed by atoms with Crippen LogP contribution in [0.5, 0.6) is 5.75 Å². The molecule has 42 heavy (non-hydrogen) atoms. The van der Waals surface area contributed by atoms with Crippen molar-refractivity contribution in [3.05, 3.63) is 70.4 Å². The highest BCUT2D eigenvalue weighted by Crippen LogP contribution is 2.61. The summed E-state index contributed by atoms with van der Waals surface area (Å²) in [5, 5.41) is 20.3. The SMILES string of the molecule is Cc1n[nH]c(C)c1-c1ccc(NC(=O)[C@@H](NC(=O)c2nonc2C(C)C)C2c3c(F)cc(F)cc3OCC23CC3)cn1. The smallest absolute Gasteiger partial charge is 0.276 e. The fraction of sp³-hybridized carbons (Fsp3) is 0.379. The Morgan fingerprint density at radius 2 is 1.93 bits per heavy atom. The molecule has 2 amide bonds. The van der Waals surface area contributed by atoms with Crippen molar-refractivity contribution in [2.45, 2.75) is 58.4 Å². The van der Waals surface area contributed by atoms with Crippen molar-refractivity contribution in [2.75, 3.05) is 11.9 Å². The number of fused-ring (bicyclic) bond motifs is 1. The van der Waals surface area contributed by atoms with Crippen LogP contribution in [0.25, 0.3) is 11.3 Å². The van der Waals surface area contributed by atoms with Gasteiger partial charge in [-0.25, -0.2) is 13.4 Å². The zero-order chi connectivity index (χ0) is 29.8. The summed E-state index contributed by atoms with van der Waals surface area (Å²) in [6.07, 6.45) is 2.77. The minimum atomic E-state index is -1.28. The first-order valence-electron chi connectivity index (χ1n) is 13.6. The van der Waals surface area contributed by atoms with Gasteiger partial charge in [0.25, 0.3) is 5.91 Å². The highest BCUT2D eigenvalue weighted by molar-refractivity contribution is 6.01. The van der Waals surface area contributed by atoms with Gasteiger partial charge in [0.15, 0.2) is 5.69 Å². The third-order valence-corrected chi connectivity index (χ3v) is 8.03. The van der Waals surface area contributed by atoms with E-state index < -0.39 is 40.8 Å². The highest BCUT2D eigenvalue weighted by Gasteiger charge is 2.59. The van der Waals surface area contributed by atoms with Crippen LogP contribution in [0.15, 0.2) is 35.1 Å². The van der Waals surface area contributed by atoms with Crippen molar-refractivity contribution in [2.24, 2.45) is 5.41 Å². The molecule has 4 heterocycles. The lowest BCUT2D eigenvalue weighted by molar-refractivity contribution is -0.119. The molecule has 2 aliphatic rings. The van der Waals surface area contributed by atoms with Crippen LogP contribution in [-0.2, 0) is 4.79 Å². The standard InChI is InChI=1S/C29H29F2N7O4/c1-13(2)24-26(38-42-37-24)28(40)34-25(23-22-18(31)9-16(30)10-20(22)41-12-29(23)7-8-29)27(39)33-17-5-6-19(32-11-17)21-14(3)35-36-15(21)4/h5-6,9-11,13,23,25H,7-8,12H2,1-4H3,(H,33,39)(H,34,40)(H,35,36)/t23?,25-/m0/s1. The van der Waals surface area contributed by atoms with Crippen molar-refractivity contribution in [1.29, 1.82) is 0 Å². The van der Waals surface area contributed by atoms with Gasteiger partial charge in [0.1, 0.15) is 29.1 Å². The molecule has 4 aromatic rings. The number of carbonyl (C=O) groups excluding carboxylic acids is 2. The highest BCUT2D eigenvalue weighted by atomic mass is 19.1. The van der Waals surface area contributed by atoms with Gasteiger partial charge in [-0.3, -0.25) is 19.7 Å². The van der Waals surface area contributed by atoms with Gasteiger partial charge in [-0.05, 0) is 44.0 Å². The molecule has 1 aliphatic heterocycles. The zero-order valence-electron chi connectivity index (χ0n) is 23.4. The van der Waals surface area contributed by atoms with Gasteiger partial charge in [0.05, 0.1) is 29.9 Å². The Balaban J connectivity index is 1.36. The number of rotatable bonds is 7. The van der Waals surface area contributed by atoms with E-state index in [4.69, 9.17) is 9.37 Å². The first kappa shape index (κ1) is 27.5. The summed E-state index contributed by atoms with van der Waals surface area (Å²) >= 11 is 0. The lowest BCUT2D eigenvalue weighted by atomic mass is 9.75. The van der Waals surface area contributed by atoms with E-state index in [0.29, 0.717) is 29.9 Å². The van der Waals surface area contributed by atoms with Crippen molar-refractivity contribution in [1.82, 2.24) is 30.8 Å². The quantitative estimate of drug-likeness (QED) is 0.289. The summed E-state index contributed by atoms with van der Waals surface area (Å²) in [6.45, 7) is 7.54. The predicted octanol–water partition coefficient (Wildman–Crippen LogP) is 4.57. The van der Waals surface area contributed by atoms with E-state index >= 15 is 4.39 Å². The number of hydrogen-bond donors (Lipinski definition) is 3. The molecule has 1 spiro atoms. The van der Waals surface area contributed by atoms with E-state index in [2.05, 4.69) is 36.1 Å². The normalized spacial score (nSPS) is 17.5. The van der Waals surface area contributed by atoms with Crippen LogP contribution in [-0.4, -0.2) is 50.0 Å². The number of ether oxygens (including phenoxy) is 1. The summed E-state index contributed by atoms with van der Waals surface area (Å²) in [4.78, 5) is 32.0. The summed E-state index contributed by atoms with van der Waals surface area (Å²) in [6, 6.07) is 4.01. The number of halogens is 2. The third-order valence-electron chi connectivity index (χ3n) is 8.03. The number of amides is 2. The van der Waals surface area contributed by atoms with E-state index in [1.54, 1.807) is 12.1 Å². The molecule has 3 aromatic heterocycles. The molecule has 6 rings (SSSR count). The summed E-state index contributed by atoms with van der Waals surface area (Å²) < 4.78 is 40.1. The second-order valence-electron chi connectivity index (χ2n) is 11.3. The van der Waals surface area contributed by atoms with Crippen LogP contribution in [0.4, 0.5) is 14.5 Å². The predicted molar refractivity (Wildman–Crippen MR) is 146 cm³/mol. The number of hydrogen-bond acceptors (Lipinski definition) is 8. The molecule has 1 aliphatic carbocycles. The Bertz CT molecular complexity index is 1660. The van der Waals surface area contributed by atoms with Crippen LogP contribution in [0.1, 0.15) is 71.7 Å². The maximum absolute atomic E-state index is 15.4. The molecule has 0 radical (unpaired) electrons. The van der Waals surface area contributed by atoms with Gasteiger partial charge in [0.2, 0.25) is 5.91 Å². The third kappa shape index (κ3) is 4.78. The number of carbonyl (C=O) groups is 2. The molecule has 3 N–H and O–H groups in total. The number of H-pyrrole nitrogens is 1. The Hall–Kier alpha value is -4.68. The molecular weight excluding hydrogens is 548 g/mol. The number of nitrogens with one attached hydrogen (secondary N) is 3. The van der Waals surface area contributed by atoms with Crippen molar-refractivity contribution in [3.63, 3.8) is 0 Å². The topological polar surface area (TPSA) is 148 Å². The fourth-order valence-corrected chi connectivity index (χ4v) is 5.74. The van der Waals surface area contributed by atoms with E-state index in [0.717, 1.165) is 29.1 Å². The van der Waals surface area contributed by atoms with E-state index in [9.17, 15) is 14.0 Å². The van der Waals surface area contributed by atoms with Crippen molar-refractivity contribution in [3.8, 4) is 17.0 Å². The average Bonchev–Trinajstić information content (AvgIpc) is 3.37. The van der Waals surface area contributed by atoms with Gasteiger partial charge >= 0.3 is 0 Å². The number of aryl methyl sites for hydroxylation is 2. The van der Waals surface area contributed by atoms with E-state index in [1.165, 1.54) is 6.20 Å². The first-order chi connectivity index (χ1) is 20.1. The van der Waals surface area contributed by atoms with Crippen LogP contribution in [0.3, 0.4) is 0 Å². The van der Waals surface area contributed by atoms with Crippen molar-refractivity contribution >= 4 is 17.5 Å². The Morgan fingerprint density at radius 3 is 2.57 bits per heavy atom. The molecule has 218 valence electrons. The number of nitrogens with zero attached hydrogens (tertiary/aromatic N) is 4. The number of benzene rings is 1. The monoisotopic (exact) mass is 577 g/mol. The lowest BCUT2D eigenvalue weighted by Gasteiger charge is -2.38. The van der Waals surface area contributed by atoms with E-state index in [1.807, 2.05) is 27.7 Å². The number of aromatic nitrogens is 5. The Labute approximate surface area is 239 Å². The summed E-state index contributed by atoms with van der Waals surface area (Å²) in [5.41, 5.74) is 3.20. The van der Waals surface area contributed by atoms with Crippen LogP contribution in [0, 0.1) is 30.9 Å². The molecule has 2 atom stereocenters. The van der Waals surface area contributed by atoms with Gasteiger partial charge < -0.3 is 15.4 Å².